The fourth-order valence-electron chi connectivity index (χ4n) is 2.12. The molecule has 1 saturated carbocycles. The first kappa shape index (κ1) is 12.5. The number of rotatable bonds is 5. The lowest BCUT2D eigenvalue weighted by atomic mass is 9.87. The molecule has 1 aliphatic rings. The highest BCUT2D eigenvalue weighted by molar-refractivity contribution is 4.95. The van der Waals surface area contributed by atoms with Gasteiger partial charge >= 0.3 is 0 Å². The maximum absolute atomic E-state index is 9.44. The zero-order valence-corrected chi connectivity index (χ0v) is 10.3. The second kappa shape index (κ2) is 6.12. The molecule has 0 atom stereocenters. The van der Waals surface area contributed by atoms with Gasteiger partial charge in [-0.1, -0.05) is 12.1 Å². The normalized spacial score (nSPS) is 25.1. The van der Waals surface area contributed by atoms with Crippen LogP contribution in [-0.2, 0) is 11.3 Å². The molecule has 0 radical (unpaired) electrons. The Morgan fingerprint density at radius 1 is 1.35 bits per heavy atom. The molecule has 96 valence electrons. The summed E-state index contributed by atoms with van der Waals surface area (Å²) in [5, 5.41) is 13.3. The van der Waals surface area contributed by atoms with E-state index in [1.165, 1.54) is 0 Å². The van der Waals surface area contributed by atoms with E-state index >= 15 is 0 Å². The van der Waals surface area contributed by atoms with Crippen LogP contribution in [0.3, 0.4) is 0 Å². The Balaban J connectivity index is 1.85. The number of ether oxygens (including phenoxy) is 1. The quantitative estimate of drug-likeness (QED) is 0.797. The van der Waals surface area contributed by atoms with Gasteiger partial charge in [-0.15, -0.1) is 0 Å². The van der Waals surface area contributed by atoms with Crippen LogP contribution in [0.1, 0.15) is 56.7 Å². The first-order chi connectivity index (χ1) is 8.29. The lowest BCUT2D eigenvalue weighted by molar-refractivity contribution is 0.113. The third-order valence-electron chi connectivity index (χ3n) is 3.11. The molecule has 0 unspecified atom stereocenters. The van der Waals surface area contributed by atoms with E-state index in [4.69, 9.17) is 9.26 Å². The smallest absolute Gasteiger partial charge is 0.229 e. The van der Waals surface area contributed by atoms with E-state index in [1.54, 1.807) is 0 Å². The predicted octanol–water partition coefficient (Wildman–Crippen LogP) is 2.01. The van der Waals surface area contributed by atoms with Crippen molar-refractivity contribution < 1.29 is 14.4 Å². The van der Waals surface area contributed by atoms with E-state index in [9.17, 15) is 5.11 Å². The Kier molecular flexibility index (Phi) is 4.50. The summed E-state index contributed by atoms with van der Waals surface area (Å²) >= 11 is 0. The summed E-state index contributed by atoms with van der Waals surface area (Å²) in [6.07, 6.45) is 4.35. The van der Waals surface area contributed by atoms with E-state index in [0.717, 1.165) is 38.7 Å². The van der Waals surface area contributed by atoms with Crippen LogP contribution < -0.4 is 0 Å². The lowest BCUT2D eigenvalue weighted by Gasteiger charge is -2.22. The standard InChI is InChI=1S/C12H20N2O3/c1-2-7-16-8-11-13-12(17-14-11)9-3-5-10(15)6-4-9/h9-10,15H,2-8H2,1H3. The van der Waals surface area contributed by atoms with Gasteiger partial charge in [0.05, 0.1) is 6.10 Å². The van der Waals surface area contributed by atoms with Crippen LogP contribution in [0.15, 0.2) is 4.52 Å². The summed E-state index contributed by atoms with van der Waals surface area (Å²) in [5.41, 5.74) is 0. The SMILES string of the molecule is CCCOCc1noc(C2CCC(O)CC2)n1. The first-order valence-corrected chi connectivity index (χ1v) is 6.38. The average Bonchev–Trinajstić information content (AvgIpc) is 2.79. The van der Waals surface area contributed by atoms with Crippen molar-refractivity contribution >= 4 is 0 Å². The molecule has 1 aromatic rings. The van der Waals surface area contributed by atoms with Gasteiger partial charge in [-0.3, -0.25) is 0 Å². The number of hydrogen-bond donors (Lipinski definition) is 1. The van der Waals surface area contributed by atoms with Crippen molar-refractivity contribution in [2.24, 2.45) is 0 Å². The highest BCUT2D eigenvalue weighted by atomic mass is 16.5. The van der Waals surface area contributed by atoms with Crippen LogP contribution in [0.25, 0.3) is 0 Å². The summed E-state index contributed by atoms with van der Waals surface area (Å²) in [7, 11) is 0. The molecule has 1 aromatic heterocycles. The van der Waals surface area contributed by atoms with Crippen molar-refractivity contribution in [2.45, 2.75) is 57.7 Å². The molecule has 2 rings (SSSR count). The minimum Gasteiger partial charge on any atom is -0.393 e. The van der Waals surface area contributed by atoms with Crippen LogP contribution in [0.5, 0.6) is 0 Å². The summed E-state index contributed by atoms with van der Waals surface area (Å²) in [4.78, 5) is 4.35. The summed E-state index contributed by atoms with van der Waals surface area (Å²) in [6.45, 7) is 3.21. The highest BCUT2D eigenvalue weighted by Gasteiger charge is 2.25. The van der Waals surface area contributed by atoms with E-state index in [2.05, 4.69) is 17.1 Å². The van der Waals surface area contributed by atoms with Crippen molar-refractivity contribution in [3.05, 3.63) is 11.7 Å². The lowest BCUT2D eigenvalue weighted by Crippen LogP contribution is -2.17. The third-order valence-corrected chi connectivity index (χ3v) is 3.11. The molecule has 0 amide bonds. The molecule has 1 fully saturated rings. The molecule has 0 saturated heterocycles. The van der Waals surface area contributed by atoms with Gasteiger partial charge in [0.1, 0.15) is 6.61 Å². The van der Waals surface area contributed by atoms with Crippen LogP contribution >= 0.6 is 0 Å². The zero-order chi connectivity index (χ0) is 12.1. The van der Waals surface area contributed by atoms with E-state index in [-0.39, 0.29) is 6.10 Å². The van der Waals surface area contributed by atoms with Crippen molar-refractivity contribution in [3.63, 3.8) is 0 Å². The zero-order valence-electron chi connectivity index (χ0n) is 10.3. The third kappa shape index (κ3) is 3.51. The van der Waals surface area contributed by atoms with Gasteiger partial charge in [0.25, 0.3) is 0 Å². The molecule has 0 spiro atoms. The van der Waals surface area contributed by atoms with Gasteiger partial charge in [-0.05, 0) is 32.1 Å². The number of hydrogen-bond acceptors (Lipinski definition) is 5. The Morgan fingerprint density at radius 2 is 2.12 bits per heavy atom. The topological polar surface area (TPSA) is 68.4 Å². The average molecular weight is 240 g/mol. The van der Waals surface area contributed by atoms with Gasteiger partial charge in [0.15, 0.2) is 5.82 Å². The van der Waals surface area contributed by atoms with Crippen LogP contribution in [0.2, 0.25) is 0 Å². The molecule has 0 aliphatic heterocycles. The summed E-state index contributed by atoms with van der Waals surface area (Å²) in [5.74, 6) is 1.64. The minimum atomic E-state index is -0.151. The van der Waals surface area contributed by atoms with Crippen LogP contribution in [0.4, 0.5) is 0 Å². The molecule has 1 heterocycles. The molecule has 1 aliphatic carbocycles. The molecular weight excluding hydrogens is 220 g/mol. The Morgan fingerprint density at radius 3 is 2.82 bits per heavy atom. The maximum Gasteiger partial charge on any atom is 0.229 e. The van der Waals surface area contributed by atoms with Crippen molar-refractivity contribution in [1.29, 1.82) is 0 Å². The summed E-state index contributed by atoms with van der Waals surface area (Å²) < 4.78 is 10.6. The Bertz CT molecular complexity index is 332. The van der Waals surface area contributed by atoms with Gasteiger partial charge in [0.2, 0.25) is 5.89 Å². The molecule has 5 nitrogen and oxygen atoms in total. The molecule has 1 N–H and O–H groups in total. The van der Waals surface area contributed by atoms with Crippen molar-refractivity contribution in [2.75, 3.05) is 6.61 Å². The van der Waals surface area contributed by atoms with Gasteiger partial charge in [-0.2, -0.15) is 4.98 Å². The molecule has 0 aromatic carbocycles. The fourth-order valence-corrected chi connectivity index (χ4v) is 2.12. The number of aliphatic hydroxyl groups is 1. The Hall–Kier alpha value is -0.940. The second-order valence-electron chi connectivity index (χ2n) is 4.61. The van der Waals surface area contributed by atoms with Crippen LogP contribution in [0, 0.1) is 0 Å². The van der Waals surface area contributed by atoms with E-state index in [1.807, 2.05) is 0 Å². The monoisotopic (exact) mass is 240 g/mol. The molecule has 17 heavy (non-hydrogen) atoms. The first-order valence-electron chi connectivity index (χ1n) is 6.38. The second-order valence-corrected chi connectivity index (χ2v) is 4.61. The van der Waals surface area contributed by atoms with Crippen molar-refractivity contribution in [3.8, 4) is 0 Å². The predicted molar refractivity (Wildman–Crippen MR) is 61.5 cm³/mol. The molecule has 5 heteroatoms. The molecular formula is C12H20N2O3. The largest absolute Gasteiger partial charge is 0.393 e. The number of nitrogens with zero attached hydrogens (tertiary/aromatic N) is 2. The van der Waals surface area contributed by atoms with E-state index in [0.29, 0.717) is 24.2 Å². The highest BCUT2D eigenvalue weighted by Crippen LogP contribution is 2.31. The van der Waals surface area contributed by atoms with Crippen LogP contribution in [-0.4, -0.2) is 28.0 Å². The fraction of sp³-hybridized carbons (Fsp3) is 0.833. The van der Waals surface area contributed by atoms with Gasteiger partial charge in [0, 0.05) is 12.5 Å². The van der Waals surface area contributed by atoms with Crippen molar-refractivity contribution in [1.82, 2.24) is 10.1 Å². The minimum absolute atomic E-state index is 0.151. The van der Waals surface area contributed by atoms with Gasteiger partial charge in [-0.25, -0.2) is 0 Å². The summed E-state index contributed by atoms with van der Waals surface area (Å²) in [6, 6.07) is 0. The molecule has 0 bridgehead atoms. The van der Waals surface area contributed by atoms with E-state index < -0.39 is 0 Å². The number of aromatic nitrogens is 2. The van der Waals surface area contributed by atoms with Gasteiger partial charge < -0.3 is 14.4 Å². The maximum atomic E-state index is 9.44. The number of aliphatic hydroxyl groups excluding tert-OH is 1. The Labute approximate surface area is 101 Å².